The summed E-state index contributed by atoms with van der Waals surface area (Å²) in [6, 6.07) is 0. The minimum absolute atomic E-state index is 0.0388. The van der Waals surface area contributed by atoms with Crippen molar-refractivity contribution < 1.29 is 9.59 Å². The molecule has 1 aliphatic heterocycles. The van der Waals surface area contributed by atoms with Gasteiger partial charge in [0.2, 0.25) is 11.8 Å². The van der Waals surface area contributed by atoms with Crippen molar-refractivity contribution in [3.05, 3.63) is 0 Å². The average Bonchev–Trinajstić information content (AvgIpc) is 2.37. The molecule has 1 rings (SSSR count). The molecule has 2 amide bonds. The van der Waals surface area contributed by atoms with Gasteiger partial charge in [-0.1, -0.05) is 0 Å². The van der Waals surface area contributed by atoms with Crippen molar-refractivity contribution in [1.82, 2.24) is 10.2 Å². The van der Waals surface area contributed by atoms with Gasteiger partial charge in [0.25, 0.3) is 0 Å². The van der Waals surface area contributed by atoms with Gasteiger partial charge in [0.15, 0.2) is 0 Å². The van der Waals surface area contributed by atoms with Crippen LogP contribution in [0.5, 0.6) is 0 Å². The van der Waals surface area contributed by atoms with E-state index in [1.165, 1.54) is 6.42 Å². The Balaban J connectivity index is 2.11. The lowest BCUT2D eigenvalue weighted by Gasteiger charge is -2.26. The van der Waals surface area contributed by atoms with Crippen molar-refractivity contribution in [2.24, 2.45) is 5.73 Å². The van der Waals surface area contributed by atoms with Crippen molar-refractivity contribution in [3.8, 4) is 0 Å². The Morgan fingerprint density at radius 1 is 1.12 bits per heavy atom. The zero-order valence-electron chi connectivity index (χ0n) is 10.4. The molecule has 5 nitrogen and oxygen atoms in total. The monoisotopic (exact) mass is 241 g/mol. The zero-order valence-corrected chi connectivity index (χ0v) is 10.4. The van der Waals surface area contributed by atoms with E-state index in [0.29, 0.717) is 13.0 Å². The molecule has 17 heavy (non-hydrogen) atoms. The molecule has 1 heterocycles. The van der Waals surface area contributed by atoms with Crippen molar-refractivity contribution in [1.29, 1.82) is 0 Å². The summed E-state index contributed by atoms with van der Waals surface area (Å²) in [7, 11) is 0. The lowest BCUT2D eigenvalue weighted by atomic mass is 10.1. The predicted molar refractivity (Wildman–Crippen MR) is 66.3 cm³/mol. The Morgan fingerprint density at radius 3 is 2.47 bits per heavy atom. The number of carbonyl (C=O) groups excluding carboxylic acids is 2. The van der Waals surface area contributed by atoms with E-state index in [1.807, 2.05) is 4.90 Å². The molecule has 0 unspecified atom stereocenters. The van der Waals surface area contributed by atoms with Crippen LogP contribution in [0.2, 0.25) is 0 Å². The summed E-state index contributed by atoms with van der Waals surface area (Å²) in [5.41, 5.74) is 5.34. The number of piperidine rings is 1. The smallest absolute Gasteiger partial charge is 0.241 e. The van der Waals surface area contributed by atoms with Crippen LogP contribution in [-0.2, 0) is 9.59 Å². The standard InChI is InChI=1S/C12H23N3O2/c13-7-3-2-6-11(16)14-10-12(17)15-8-4-1-5-9-15/h1-10,13H2,(H,14,16). The molecular weight excluding hydrogens is 218 g/mol. The number of hydrogen-bond donors (Lipinski definition) is 2. The summed E-state index contributed by atoms with van der Waals surface area (Å²) in [5, 5.41) is 2.67. The maximum Gasteiger partial charge on any atom is 0.241 e. The van der Waals surface area contributed by atoms with Gasteiger partial charge in [-0.25, -0.2) is 0 Å². The van der Waals surface area contributed by atoms with Crippen molar-refractivity contribution in [2.75, 3.05) is 26.2 Å². The van der Waals surface area contributed by atoms with Crippen LogP contribution in [0.4, 0.5) is 0 Å². The molecule has 5 heteroatoms. The van der Waals surface area contributed by atoms with Crippen LogP contribution >= 0.6 is 0 Å². The van der Waals surface area contributed by atoms with E-state index in [9.17, 15) is 9.59 Å². The summed E-state index contributed by atoms with van der Waals surface area (Å²) >= 11 is 0. The van der Waals surface area contributed by atoms with Gasteiger partial charge in [-0.05, 0) is 38.6 Å². The third kappa shape index (κ3) is 5.68. The second kappa shape index (κ2) is 8.06. The third-order valence-electron chi connectivity index (χ3n) is 3.00. The first-order valence-corrected chi connectivity index (χ1v) is 6.48. The molecule has 1 aliphatic rings. The third-order valence-corrected chi connectivity index (χ3v) is 3.00. The van der Waals surface area contributed by atoms with Crippen LogP contribution in [0.1, 0.15) is 38.5 Å². The molecule has 3 N–H and O–H groups in total. The van der Waals surface area contributed by atoms with Gasteiger partial charge in [0.05, 0.1) is 6.54 Å². The van der Waals surface area contributed by atoms with Crippen LogP contribution in [0.15, 0.2) is 0 Å². The van der Waals surface area contributed by atoms with Crippen molar-refractivity contribution >= 4 is 11.8 Å². The number of carbonyl (C=O) groups is 2. The summed E-state index contributed by atoms with van der Waals surface area (Å²) in [6.07, 6.45) is 5.47. The molecule has 0 spiro atoms. The molecule has 1 fully saturated rings. The number of unbranched alkanes of at least 4 members (excludes halogenated alkanes) is 1. The van der Waals surface area contributed by atoms with E-state index in [4.69, 9.17) is 5.73 Å². The fraction of sp³-hybridized carbons (Fsp3) is 0.833. The predicted octanol–water partition coefficient (Wildman–Crippen LogP) is 0.244. The van der Waals surface area contributed by atoms with Crippen LogP contribution in [0, 0.1) is 0 Å². The van der Waals surface area contributed by atoms with Crippen LogP contribution < -0.4 is 11.1 Å². The van der Waals surface area contributed by atoms with Crippen LogP contribution in [0.25, 0.3) is 0 Å². The highest BCUT2D eigenvalue weighted by Gasteiger charge is 2.16. The van der Waals surface area contributed by atoms with Crippen molar-refractivity contribution in [2.45, 2.75) is 38.5 Å². The molecule has 0 bridgehead atoms. The quantitative estimate of drug-likeness (QED) is 0.654. The lowest BCUT2D eigenvalue weighted by Crippen LogP contribution is -2.42. The molecule has 0 saturated carbocycles. The summed E-state index contributed by atoms with van der Waals surface area (Å²) in [4.78, 5) is 24.9. The normalized spacial score (nSPS) is 15.7. The van der Waals surface area contributed by atoms with E-state index in [0.717, 1.165) is 38.8 Å². The number of likely N-dealkylation sites (tertiary alicyclic amines) is 1. The Labute approximate surface area is 103 Å². The highest BCUT2D eigenvalue weighted by molar-refractivity contribution is 5.84. The molecule has 0 aliphatic carbocycles. The number of hydrogen-bond acceptors (Lipinski definition) is 3. The Morgan fingerprint density at radius 2 is 1.82 bits per heavy atom. The SMILES string of the molecule is NCCCCC(=O)NCC(=O)N1CCCCC1. The number of nitrogens with two attached hydrogens (primary N) is 1. The van der Waals surface area contributed by atoms with Gasteiger partial charge in [-0.3, -0.25) is 9.59 Å². The minimum atomic E-state index is -0.0520. The molecule has 0 radical (unpaired) electrons. The molecule has 0 atom stereocenters. The van der Waals surface area contributed by atoms with Gasteiger partial charge in [0, 0.05) is 19.5 Å². The first kappa shape index (κ1) is 14.0. The van der Waals surface area contributed by atoms with E-state index >= 15 is 0 Å². The van der Waals surface area contributed by atoms with E-state index in [-0.39, 0.29) is 18.4 Å². The lowest BCUT2D eigenvalue weighted by molar-refractivity contribution is -0.133. The van der Waals surface area contributed by atoms with E-state index < -0.39 is 0 Å². The Hall–Kier alpha value is -1.10. The fourth-order valence-electron chi connectivity index (χ4n) is 1.95. The average molecular weight is 241 g/mol. The molecule has 0 aromatic carbocycles. The summed E-state index contributed by atoms with van der Waals surface area (Å²) < 4.78 is 0. The van der Waals surface area contributed by atoms with Gasteiger partial charge >= 0.3 is 0 Å². The second-order valence-corrected chi connectivity index (χ2v) is 4.46. The van der Waals surface area contributed by atoms with Gasteiger partial charge in [-0.15, -0.1) is 0 Å². The summed E-state index contributed by atoms with van der Waals surface area (Å²) in [5.74, 6) is -0.0133. The molecule has 1 saturated heterocycles. The first-order chi connectivity index (χ1) is 8.24. The largest absolute Gasteiger partial charge is 0.347 e. The molecule has 0 aromatic rings. The topological polar surface area (TPSA) is 75.4 Å². The molecule has 0 aromatic heterocycles. The number of nitrogens with zero attached hydrogens (tertiary/aromatic N) is 1. The number of amides is 2. The van der Waals surface area contributed by atoms with Gasteiger partial charge in [0.1, 0.15) is 0 Å². The van der Waals surface area contributed by atoms with Crippen LogP contribution in [0.3, 0.4) is 0 Å². The maximum atomic E-state index is 11.7. The van der Waals surface area contributed by atoms with Crippen LogP contribution in [-0.4, -0.2) is 42.9 Å². The minimum Gasteiger partial charge on any atom is -0.347 e. The maximum absolute atomic E-state index is 11.7. The Bertz CT molecular complexity index is 250. The van der Waals surface area contributed by atoms with Gasteiger partial charge in [-0.2, -0.15) is 0 Å². The number of nitrogens with one attached hydrogen (secondary N) is 1. The van der Waals surface area contributed by atoms with E-state index in [1.54, 1.807) is 0 Å². The van der Waals surface area contributed by atoms with E-state index in [2.05, 4.69) is 5.32 Å². The highest BCUT2D eigenvalue weighted by atomic mass is 16.2. The first-order valence-electron chi connectivity index (χ1n) is 6.48. The van der Waals surface area contributed by atoms with Gasteiger partial charge < -0.3 is 16.0 Å². The number of rotatable bonds is 6. The van der Waals surface area contributed by atoms with Crippen molar-refractivity contribution in [3.63, 3.8) is 0 Å². The fourth-order valence-corrected chi connectivity index (χ4v) is 1.95. The highest BCUT2D eigenvalue weighted by Crippen LogP contribution is 2.08. The second-order valence-electron chi connectivity index (χ2n) is 4.46. The molecule has 98 valence electrons. The Kier molecular flexibility index (Phi) is 6.62. The summed E-state index contributed by atoms with van der Waals surface area (Å²) in [6.45, 7) is 2.42. The zero-order chi connectivity index (χ0) is 12.5. The molecular formula is C12H23N3O2.